The maximum atomic E-state index is 14.1. The molecule has 0 spiro atoms. The molecule has 4 fully saturated rings. The van der Waals surface area contributed by atoms with Crippen molar-refractivity contribution in [3.05, 3.63) is 34.9 Å². The molecule has 4 aliphatic rings. The molecule has 0 aliphatic carbocycles. The number of rotatable bonds is 3. The van der Waals surface area contributed by atoms with Gasteiger partial charge in [0.15, 0.2) is 0 Å². The molecule has 0 aromatic heterocycles. The second kappa shape index (κ2) is 12.7. The Hall–Kier alpha value is -2.77. The molecule has 1 aromatic rings. The smallest absolute Gasteiger partial charge is 0.244 e. The summed E-state index contributed by atoms with van der Waals surface area (Å²) in [4.78, 5) is 59.2. The number of likely N-dealkylation sites (tertiary alicyclic amines) is 1. The van der Waals surface area contributed by atoms with Crippen molar-refractivity contribution in [1.82, 2.24) is 25.3 Å². The molecule has 6 bridgehead atoms. The first kappa shape index (κ1) is 31.6. The first-order valence-electron chi connectivity index (χ1n) is 14.9. The molecule has 236 valence electrons. The highest BCUT2D eigenvalue weighted by Gasteiger charge is 2.47. The summed E-state index contributed by atoms with van der Waals surface area (Å²) < 4.78 is 5.81. The second-order valence-corrected chi connectivity index (χ2v) is 13.8. The van der Waals surface area contributed by atoms with Crippen LogP contribution in [0.3, 0.4) is 0 Å². The Labute approximate surface area is 256 Å². The van der Waals surface area contributed by atoms with E-state index in [0.29, 0.717) is 24.5 Å². The van der Waals surface area contributed by atoms with Gasteiger partial charge in [-0.3, -0.25) is 24.1 Å². The van der Waals surface area contributed by atoms with Gasteiger partial charge in [-0.1, -0.05) is 44.5 Å². The van der Waals surface area contributed by atoms with Crippen molar-refractivity contribution in [3.63, 3.8) is 0 Å². The van der Waals surface area contributed by atoms with Gasteiger partial charge in [0.05, 0.1) is 25.1 Å². The number of amides is 4. The fourth-order valence-electron chi connectivity index (χ4n) is 6.53. The summed E-state index contributed by atoms with van der Waals surface area (Å²) in [6.45, 7) is 7.05. The molecule has 4 heterocycles. The average Bonchev–Trinajstić information content (AvgIpc) is 3.44. The van der Waals surface area contributed by atoms with Crippen molar-refractivity contribution >= 4 is 35.2 Å². The fourth-order valence-corrected chi connectivity index (χ4v) is 6.75. The average molecular weight is 620 g/mol. The minimum atomic E-state index is -1.31. The van der Waals surface area contributed by atoms with Gasteiger partial charge in [0, 0.05) is 50.2 Å². The minimum Gasteiger partial charge on any atom is -0.388 e. The zero-order valence-electron chi connectivity index (χ0n) is 24.9. The van der Waals surface area contributed by atoms with Crippen LogP contribution in [0.15, 0.2) is 24.3 Å². The number of halogens is 1. The largest absolute Gasteiger partial charge is 0.388 e. The number of piperazine rings is 1. The van der Waals surface area contributed by atoms with E-state index >= 15 is 0 Å². The number of aliphatic hydroxyl groups excluding tert-OH is 2. The number of aliphatic hydroxyl groups is 2. The lowest BCUT2D eigenvalue weighted by Gasteiger charge is -2.42. The third kappa shape index (κ3) is 7.31. The highest BCUT2D eigenvalue weighted by atomic mass is 35.5. The molecule has 7 atom stereocenters. The lowest BCUT2D eigenvalue weighted by Crippen LogP contribution is -2.63. The number of ether oxygens (including phenoxy) is 1. The fraction of sp³-hybridized carbons (Fsp3) is 0.667. The van der Waals surface area contributed by atoms with Crippen molar-refractivity contribution in [3.8, 4) is 0 Å². The van der Waals surface area contributed by atoms with Crippen LogP contribution < -0.4 is 10.6 Å². The van der Waals surface area contributed by atoms with E-state index in [1.165, 1.54) is 0 Å². The van der Waals surface area contributed by atoms with Crippen LogP contribution >= 0.6 is 11.6 Å². The predicted molar refractivity (Wildman–Crippen MR) is 157 cm³/mol. The first-order chi connectivity index (χ1) is 20.3. The number of carbonyl (C=O) groups excluding carboxylic acids is 4. The summed E-state index contributed by atoms with van der Waals surface area (Å²) in [7, 11) is 0. The maximum Gasteiger partial charge on any atom is 0.244 e. The predicted octanol–water partition coefficient (Wildman–Crippen LogP) is -0.116. The Bertz CT molecular complexity index is 1240. The molecule has 4 saturated heterocycles. The zero-order valence-corrected chi connectivity index (χ0v) is 25.6. The second-order valence-electron chi connectivity index (χ2n) is 13.3. The Morgan fingerprint density at radius 1 is 1.07 bits per heavy atom. The summed E-state index contributed by atoms with van der Waals surface area (Å²) in [5.41, 5.74) is 0.621. The van der Waals surface area contributed by atoms with Gasteiger partial charge in [-0.05, 0) is 29.5 Å². The molecule has 12 nitrogen and oxygen atoms in total. The van der Waals surface area contributed by atoms with Crippen LogP contribution in [0.5, 0.6) is 0 Å². The summed E-state index contributed by atoms with van der Waals surface area (Å²) in [5.74, 6) is -1.17. The lowest BCUT2D eigenvalue weighted by molar-refractivity contribution is -0.151. The molecule has 4 aliphatic heterocycles. The number of carbonyl (C=O) groups is 4. The molecule has 0 unspecified atom stereocenters. The van der Waals surface area contributed by atoms with Crippen LogP contribution in [0.2, 0.25) is 5.02 Å². The van der Waals surface area contributed by atoms with E-state index < -0.39 is 42.4 Å². The summed E-state index contributed by atoms with van der Waals surface area (Å²) in [5, 5.41) is 27.5. The standard InChI is InChI=1S/C30H42ClN5O7/c1-30(2,3)12-25(38)36-8-7-34-16-21(36)28(41)32-13-23-27(40)26(39)22(43-23)11-24(37)33-19-10-20(29(34)42)35(15-19)14-17-5-4-6-18(31)9-17/h4-6,9,19-23,26-27,39-40H,7-8,10-16H2,1-3H3,(H,32,41)(H,33,37)/t19-,20-,21-,22-,23+,26-,27+/m0/s1. The Balaban J connectivity index is 1.44. The van der Waals surface area contributed by atoms with Gasteiger partial charge in [-0.25, -0.2) is 0 Å². The third-order valence-electron chi connectivity index (χ3n) is 8.65. The van der Waals surface area contributed by atoms with Gasteiger partial charge in [0.25, 0.3) is 0 Å². The van der Waals surface area contributed by atoms with Crippen molar-refractivity contribution in [2.45, 2.75) is 89.1 Å². The molecule has 4 N–H and O–H groups in total. The Morgan fingerprint density at radius 3 is 2.53 bits per heavy atom. The minimum absolute atomic E-state index is 0.0123. The van der Waals surface area contributed by atoms with E-state index in [9.17, 15) is 29.4 Å². The van der Waals surface area contributed by atoms with Crippen LogP contribution in [0.1, 0.15) is 45.6 Å². The summed E-state index contributed by atoms with van der Waals surface area (Å²) in [6.07, 6.45) is -4.10. The molecule has 43 heavy (non-hydrogen) atoms. The molecule has 5 rings (SSSR count). The summed E-state index contributed by atoms with van der Waals surface area (Å²) >= 11 is 6.22. The van der Waals surface area contributed by atoms with Gasteiger partial charge >= 0.3 is 0 Å². The van der Waals surface area contributed by atoms with Gasteiger partial charge in [-0.2, -0.15) is 0 Å². The van der Waals surface area contributed by atoms with Crippen molar-refractivity contribution in [2.24, 2.45) is 5.41 Å². The van der Waals surface area contributed by atoms with Crippen LogP contribution in [0, 0.1) is 5.41 Å². The van der Waals surface area contributed by atoms with E-state index in [2.05, 4.69) is 10.6 Å². The van der Waals surface area contributed by atoms with E-state index in [-0.39, 0.29) is 68.2 Å². The van der Waals surface area contributed by atoms with Crippen molar-refractivity contribution in [1.29, 1.82) is 0 Å². The third-order valence-corrected chi connectivity index (χ3v) is 8.89. The molecule has 4 amide bonds. The van der Waals surface area contributed by atoms with Gasteiger partial charge in [0.1, 0.15) is 24.4 Å². The number of hydrogen-bond acceptors (Lipinski definition) is 8. The van der Waals surface area contributed by atoms with Gasteiger partial charge in [0.2, 0.25) is 23.6 Å². The zero-order chi connectivity index (χ0) is 31.1. The number of benzene rings is 1. The van der Waals surface area contributed by atoms with E-state index in [0.717, 1.165) is 5.56 Å². The van der Waals surface area contributed by atoms with Crippen molar-refractivity contribution in [2.75, 3.05) is 32.7 Å². The maximum absolute atomic E-state index is 14.1. The molecule has 1 aromatic carbocycles. The summed E-state index contributed by atoms with van der Waals surface area (Å²) in [6, 6.07) is 5.54. The number of fused-ring (bicyclic) bond motifs is 6. The van der Waals surface area contributed by atoms with E-state index in [1.807, 2.05) is 43.9 Å². The monoisotopic (exact) mass is 619 g/mol. The van der Waals surface area contributed by atoms with Crippen LogP contribution in [-0.4, -0.2) is 124 Å². The SMILES string of the molecule is CC(C)(C)CC(=O)N1CCN2C[C@H]1C(=O)NC[C@H]1O[C@@H](CC(=O)N[C@H]3C[C@@H](C2=O)N(Cc2cccc(Cl)c2)C3)[C@H](O)[C@@H]1O. The number of hydrogen-bond donors (Lipinski definition) is 4. The normalized spacial score (nSPS) is 32.5. The van der Waals surface area contributed by atoms with E-state index in [4.69, 9.17) is 16.3 Å². The number of nitrogens with one attached hydrogen (secondary N) is 2. The Kier molecular flexibility index (Phi) is 9.34. The van der Waals surface area contributed by atoms with Crippen LogP contribution in [0.25, 0.3) is 0 Å². The highest BCUT2D eigenvalue weighted by Crippen LogP contribution is 2.28. The quantitative estimate of drug-likeness (QED) is 0.366. The number of nitrogens with zero attached hydrogens (tertiary/aromatic N) is 3. The van der Waals surface area contributed by atoms with Crippen LogP contribution in [-0.2, 0) is 30.5 Å². The topological polar surface area (TPSA) is 152 Å². The molecular weight excluding hydrogens is 578 g/mol. The molecule has 0 radical (unpaired) electrons. The molecule has 13 heteroatoms. The Morgan fingerprint density at radius 2 is 1.81 bits per heavy atom. The molecular formula is C30H42ClN5O7. The van der Waals surface area contributed by atoms with Gasteiger partial charge in [-0.15, -0.1) is 0 Å². The van der Waals surface area contributed by atoms with Crippen molar-refractivity contribution < 1.29 is 34.1 Å². The highest BCUT2D eigenvalue weighted by molar-refractivity contribution is 6.30. The van der Waals surface area contributed by atoms with Crippen LogP contribution in [0.4, 0.5) is 0 Å². The van der Waals surface area contributed by atoms with Gasteiger partial charge < -0.3 is 35.4 Å². The molecule has 0 saturated carbocycles. The lowest BCUT2D eigenvalue weighted by atomic mass is 9.91. The first-order valence-corrected chi connectivity index (χ1v) is 15.3. The van der Waals surface area contributed by atoms with E-state index in [1.54, 1.807) is 15.9 Å².